The summed E-state index contributed by atoms with van der Waals surface area (Å²) in [5, 5.41) is 3.86. The average Bonchev–Trinajstić information content (AvgIpc) is 3.15. The largest absolute Gasteiger partial charge is 0.424 e. The molecule has 9 heteroatoms. The molecule has 0 spiro atoms. The van der Waals surface area contributed by atoms with E-state index in [1.165, 1.54) is 5.57 Å². The highest BCUT2D eigenvalue weighted by molar-refractivity contribution is 5.57. The van der Waals surface area contributed by atoms with Crippen LogP contribution in [0.3, 0.4) is 0 Å². The summed E-state index contributed by atoms with van der Waals surface area (Å²) in [7, 11) is 0. The number of ether oxygens (including phenoxy) is 1. The fourth-order valence-electron chi connectivity index (χ4n) is 3.58. The molecule has 31 heavy (non-hydrogen) atoms. The number of hydrogen-bond acceptors (Lipinski definition) is 6. The van der Waals surface area contributed by atoms with E-state index >= 15 is 0 Å². The molecule has 0 radical (unpaired) electrons. The topological polar surface area (TPSA) is 64.3 Å². The van der Waals surface area contributed by atoms with Gasteiger partial charge >= 0.3 is 12.2 Å². The Morgan fingerprint density at radius 2 is 1.97 bits per heavy atom. The molecular weight excluding hydrogens is 409 g/mol. The van der Waals surface area contributed by atoms with E-state index in [1.54, 1.807) is 12.3 Å². The number of rotatable bonds is 4. The normalized spacial score (nSPS) is 18.4. The summed E-state index contributed by atoms with van der Waals surface area (Å²) >= 11 is 0. The minimum atomic E-state index is -4.48. The van der Waals surface area contributed by atoms with Gasteiger partial charge in [0.15, 0.2) is 5.76 Å². The molecule has 1 fully saturated rings. The van der Waals surface area contributed by atoms with Crippen molar-refractivity contribution in [2.24, 2.45) is 5.92 Å². The van der Waals surface area contributed by atoms with Crippen LogP contribution < -0.4 is 9.64 Å². The summed E-state index contributed by atoms with van der Waals surface area (Å²) in [5.74, 6) is 1.61. The third-order valence-corrected chi connectivity index (χ3v) is 5.24. The van der Waals surface area contributed by atoms with E-state index in [4.69, 9.17) is 9.26 Å². The van der Waals surface area contributed by atoms with E-state index < -0.39 is 11.7 Å². The van der Waals surface area contributed by atoms with Crippen molar-refractivity contribution < 1.29 is 22.4 Å². The third kappa shape index (κ3) is 4.87. The molecule has 0 amide bonds. The molecule has 1 unspecified atom stereocenters. The Morgan fingerprint density at radius 3 is 2.61 bits per heavy atom. The molecule has 0 N–H and O–H groups in total. The zero-order valence-corrected chi connectivity index (χ0v) is 17.1. The summed E-state index contributed by atoms with van der Waals surface area (Å²) in [5.41, 5.74) is 2.37. The highest BCUT2D eigenvalue weighted by Crippen LogP contribution is 2.31. The summed E-state index contributed by atoms with van der Waals surface area (Å²) in [4.78, 5) is 9.57. The maximum Gasteiger partial charge on any atom is 0.419 e. The van der Waals surface area contributed by atoms with Gasteiger partial charge in [0.2, 0.25) is 0 Å². The molecule has 4 rings (SSSR count). The number of anilines is 1. The highest BCUT2D eigenvalue weighted by atomic mass is 19.4. The number of benzene rings is 1. The second-order valence-electron chi connectivity index (χ2n) is 7.51. The van der Waals surface area contributed by atoms with Gasteiger partial charge in [0.25, 0.3) is 0 Å². The Hall–Kier alpha value is -3.36. The van der Waals surface area contributed by atoms with Crippen molar-refractivity contribution in [3.63, 3.8) is 0 Å². The maximum absolute atomic E-state index is 12.6. The number of aryl methyl sites for hydroxylation is 1. The number of aromatic nitrogens is 3. The van der Waals surface area contributed by atoms with Gasteiger partial charge in [-0.15, -0.1) is 0 Å². The molecule has 162 valence electrons. The Labute approximate surface area is 177 Å². The molecule has 6 nitrogen and oxygen atoms in total. The fraction of sp³-hybridized carbons (Fsp3) is 0.318. The maximum atomic E-state index is 12.6. The first kappa shape index (κ1) is 20.9. The second kappa shape index (κ2) is 8.41. The lowest BCUT2D eigenvalue weighted by Gasteiger charge is -2.34. The Kier molecular flexibility index (Phi) is 5.67. The zero-order valence-electron chi connectivity index (χ0n) is 17.1. The van der Waals surface area contributed by atoms with Crippen LogP contribution in [0.1, 0.15) is 30.2 Å². The van der Waals surface area contributed by atoms with Crippen LogP contribution in [0.5, 0.6) is 11.8 Å². The molecule has 0 aliphatic carbocycles. The standard InChI is InChI=1S/C22H21F3N4O2/c1-14-13-29(20-12-28-31-15(20)2)7-6-17(14)8-16-4-3-5-19(9-16)30-21-26-10-18(11-27-21)22(23,24)25/h3-5,8-12,14H,6-7,13H2,1-2H3/b17-8+. The molecule has 1 saturated heterocycles. The lowest BCUT2D eigenvalue weighted by atomic mass is 9.91. The number of hydrogen-bond donors (Lipinski definition) is 0. The molecule has 1 aliphatic heterocycles. The summed E-state index contributed by atoms with van der Waals surface area (Å²) in [6.07, 6.45) is 1.72. The van der Waals surface area contributed by atoms with Crippen LogP contribution in [0.2, 0.25) is 0 Å². The van der Waals surface area contributed by atoms with Gasteiger partial charge in [0.1, 0.15) is 11.4 Å². The lowest BCUT2D eigenvalue weighted by Crippen LogP contribution is -2.35. The van der Waals surface area contributed by atoms with Gasteiger partial charge in [0, 0.05) is 25.5 Å². The first-order valence-electron chi connectivity index (χ1n) is 9.83. The molecule has 1 aliphatic rings. The fourth-order valence-corrected chi connectivity index (χ4v) is 3.58. The molecular formula is C22H21F3N4O2. The monoisotopic (exact) mass is 430 g/mol. The van der Waals surface area contributed by atoms with Crippen molar-refractivity contribution in [2.45, 2.75) is 26.4 Å². The SMILES string of the molecule is Cc1oncc1N1CC/C(=C\c2cccc(Oc3ncc(C(F)(F)F)cn3)c2)C(C)C1. The Bertz CT molecular complexity index is 1080. The van der Waals surface area contributed by atoms with Crippen molar-refractivity contribution in [1.82, 2.24) is 15.1 Å². The summed E-state index contributed by atoms with van der Waals surface area (Å²) < 4.78 is 48.6. The van der Waals surface area contributed by atoms with Crippen molar-refractivity contribution in [3.05, 3.63) is 65.3 Å². The number of halogens is 3. The minimum Gasteiger partial charge on any atom is -0.424 e. The number of alkyl halides is 3. The molecule has 1 aromatic carbocycles. The number of nitrogens with zero attached hydrogens (tertiary/aromatic N) is 4. The Morgan fingerprint density at radius 1 is 1.19 bits per heavy atom. The summed E-state index contributed by atoms with van der Waals surface area (Å²) in [6.45, 7) is 5.82. The van der Waals surface area contributed by atoms with Gasteiger partial charge < -0.3 is 14.2 Å². The Balaban J connectivity index is 1.45. The van der Waals surface area contributed by atoms with E-state index in [0.717, 1.165) is 36.5 Å². The lowest BCUT2D eigenvalue weighted by molar-refractivity contribution is -0.138. The quantitative estimate of drug-likeness (QED) is 0.544. The minimum absolute atomic E-state index is 0.136. The first-order chi connectivity index (χ1) is 14.8. The second-order valence-corrected chi connectivity index (χ2v) is 7.51. The number of piperidine rings is 1. The molecule has 3 heterocycles. The molecule has 0 saturated carbocycles. The van der Waals surface area contributed by atoms with E-state index in [-0.39, 0.29) is 6.01 Å². The van der Waals surface area contributed by atoms with Gasteiger partial charge in [-0.3, -0.25) is 0 Å². The van der Waals surface area contributed by atoms with Crippen LogP contribution in [0.15, 0.2) is 53.0 Å². The van der Waals surface area contributed by atoms with Crippen LogP contribution in [0.4, 0.5) is 18.9 Å². The first-order valence-corrected chi connectivity index (χ1v) is 9.83. The van der Waals surface area contributed by atoms with Gasteiger partial charge in [-0.25, -0.2) is 9.97 Å². The van der Waals surface area contributed by atoms with Gasteiger partial charge in [-0.2, -0.15) is 13.2 Å². The smallest absolute Gasteiger partial charge is 0.419 e. The average molecular weight is 430 g/mol. The van der Waals surface area contributed by atoms with E-state index in [0.29, 0.717) is 24.1 Å². The highest BCUT2D eigenvalue weighted by Gasteiger charge is 2.31. The third-order valence-electron chi connectivity index (χ3n) is 5.24. The van der Waals surface area contributed by atoms with Crippen LogP contribution in [-0.2, 0) is 6.18 Å². The van der Waals surface area contributed by atoms with Crippen LogP contribution in [-0.4, -0.2) is 28.2 Å². The van der Waals surface area contributed by atoms with Gasteiger partial charge in [-0.05, 0) is 37.0 Å². The van der Waals surface area contributed by atoms with Crippen molar-refractivity contribution >= 4 is 11.8 Å². The van der Waals surface area contributed by atoms with E-state index in [9.17, 15) is 13.2 Å². The van der Waals surface area contributed by atoms with Crippen LogP contribution >= 0.6 is 0 Å². The van der Waals surface area contributed by atoms with E-state index in [2.05, 4.69) is 33.0 Å². The van der Waals surface area contributed by atoms with Crippen molar-refractivity contribution in [1.29, 1.82) is 0 Å². The van der Waals surface area contributed by atoms with Gasteiger partial charge in [0.05, 0.1) is 11.8 Å². The molecule has 1 atom stereocenters. The predicted octanol–water partition coefficient (Wildman–Crippen LogP) is 5.51. The molecule has 0 bridgehead atoms. The van der Waals surface area contributed by atoms with E-state index in [1.807, 2.05) is 25.1 Å². The van der Waals surface area contributed by atoms with Crippen LogP contribution in [0, 0.1) is 12.8 Å². The molecule has 3 aromatic rings. The summed E-state index contributed by atoms with van der Waals surface area (Å²) in [6, 6.07) is 7.17. The van der Waals surface area contributed by atoms with Crippen LogP contribution in [0.25, 0.3) is 6.08 Å². The zero-order chi connectivity index (χ0) is 22.0. The molecule has 2 aromatic heterocycles. The van der Waals surface area contributed by atoms with Gasteiger partial charge in [-0.1, -0.05) is 35.9 Å². The van der Waals surface area contributed by atoms with Crippen molar-refractivity contribution in [2.75, 3.05) is 18.0 Å². The predicted molar refractivity (Wildman–Crippen MR) is 109 cm³/mol. The van der Waals surface area contributed by atoms with Crippen molar-refractivity contribution in [3.8, 4) is 11.8 Å².